The van der Waals surface area contributed by atoms with Gasteiger partial charge >= 0.3 is 0 Å². The first-order valence-electron chi connectivity index (χ1n) is 10.1. The number of hydrogen-bond donors (Lipinski definition) is 1. The number of ether oxygens (including phenoxy) is 3. The van der Waals surface area contributed by atoms with Crippen molar-refractivity contribution in [1.29, 1.82) is 0 Å². The molecule has 1 heterocycles. The van der Waals surface area contributed by atoms with Crippen LogP contribution < -0.4 is 24.7 Å². The molecule has 0 amide bonds. The molecule has 0 radical (unpaired) electrons. The van der Waals surface area contributed by atoms with Gasteiger partial charge in [-0.15, -0.1) is 0 Å². The number of H-pyrrole nitrogens is 1. The van der Waals surface area contributed by atoms with E-state index in [-0.39, 0.29) is 5.56 Å². The van der Waals surface area contributed by atoms with Crippen molar-refractivity contribution in [3.05, 3.63) is 51.8 Å². The van der Waals surface area contributed by atoms with Crippen LogP contribution in [0.4, 0.5) is 5.95 Å². The molecule has 0 aliphatic rings. The molecule has 0 saturated carbocycles. The molecule has 0 bridgehead atoms. The van der Waals surface area contributed by atoms with Crippen molar-refractivity contribution in [3.63, 3.8) is 0 Å². The summed E-state index contributed by atoms with van der Waals surface area (Å²) in [5.41, 5.74) is 2.56. The van der Waals surface area contributed by atoms with Crippen LogP contribution in [-0.4, -0.2) is 56.8 Å². The van der Waals surface area contributed by atoms with Crippen LogP contribution >= 0.6 is 0 Å². The smallest absolute Gasteiger partial charge is 0.264 e. The van der Waals surface area contributed by atoms with E-state index in [1.807, 2.05) is 11.9 Å². The highest BCUT2D eigenvalue weighted by molar-refractivity contribution is 5.90. The predicted octanol–water partition coefficient (Wildman–Crippen LogP) is 3.04. The molecule has 0 fully saturated rings. The van der Waals surface area contributed by atoms with E-state index in [0.29, 0.717) is 40.6 Å². The van der Waals surface area contributed by atoms with Crippen molar-refractivity contribution < 1.29 is 14.2 Å². The maximum atomic E-state index is 12.9. The first kappa shape index (κ1) is 22.4. The van der Waals surface area contributed by atoms with Gasteiger partial charge in [0.2, 0.25) is 11.7 Å². The summed E-state index contributed by atoms with van der Waals surface area (Å²) >= 11 is 0. The molecular weight excluding hydrogens is 396 g/mol. The third-order valence-electron chi connectivity index (χ3n) is 5.28. The number of aromatic nitrogens is 2. The van der Waals surface area contributed by atoms with Crippen molar-refractivity contribution >= 4 is 16.9 Å². The van der Waals surface area contributed by atoms with Gasteiger partial charge in [-0.3, -0.25) is 9.78 Å². The molecule has 0 unspecified atom stereocenters. The zero-order valence-corrected chi connectivity index (χ0v) is 19.0. The lowest BCUT2D eigenvalue weighted by Gasteiger charge is -2.20. The van der Waals surface area contributed by atoms with Crippen molar-refractivity contribution in [2.75, 3.05) is 46.9 Å². The normalized spacial score (nSPS) is 11.1. The SMILES string of the molecule is CCN(C)Cc1ccc(CN(C)c2nc3cc(OC)c(OC)c(OC)c3c(=O)[nH]2)cc1. The Kier molecular flexibility index (Phi) is 7.02. The number of fused-ring (bicyclic) bond motifs is 1. The van der Waals surface area contributed by atoms with Crippen LogP contribution in [0.15, 0.2) is 35.1 Å². The monoisotopic (exact) mass is 426 g/mol. The predicted molar refractivity (Wildman–Crippen MR) is 123 cm³/mol. The van der Waals surface area contributed by atoms with E-state index in [1.165, 1.54) is 26.9 Å². The summed E-state index contributed by atoms with van der Waals surface area (Å²) in [6.45, 7) is 4.66. The summed E-state index contributed by atoms with van der Waals surface area (Å²) in [6.07, 6.45) is 0. The van der Waals surface area contributed by atoms with Crippen molar-refractivity contribution in [2.24, 2.45) is 0 Å². The fourth-order valence-corrected chi connectivity index (χ4v) is 3.46. The highest BCUT2D eigenvalue weighted by atomic mass is 16.5. The number of anilines is 1. The summed E-state index contributed by atoms with van der Waals surface area (Å²) in [5.74, 6) is 1.57. The Labute approximate surface area is 182 Å². The fourth-order valence-electron chi connectivity index (χ4n) is 3.46. The first-order chi connectivity index (χ1) is 14.9. The Hall–Kier alpha value is -3.26. The minimum Gasteiger partial charge on any atom is -0.493 e. The van der Waals surface area contributed by atoms with Crippen molar-refractivity contribution in [3.8, 4) is 17.2 Å². The van der Waals surface area contributed by atoms with Crippen molar-refractivity contribution in [2.45, 2.75) is 20.0 Å². The largest absolute Gasteiger partial charge is 0.493 e. The molecule has 0 aliphatic carbocycles. The Balaban J connectivity index is 1.91. The van der Waals surface area contributed by atoms with Crippen LogP contribution in [0.2, 0.25) is 0 Å². The minimum atomic E-state index is -0.303. The highest BCUT2D eigenvalue weighted by Gasteiger charge is 2.20. The number of rotatable bonds is 9. The lowest BCUT2D eigenvalue weighted by Crippen LogP contribution is -2.23. The molecule has 8 nitrogen and oxygen atoms in total. The van der Waals surface area contributed by atoms with E-state index in [4.69, 9.17) is 14.2 Å². The molecule has 1 aromatic heterocycles. The molecule has 3 rings (SSSR count). The molecular formula is C23H30N4O4. The maximum absolute atomic E-state index is 12.9. The summed E-state index contributed by atoms with van der Waals surface area (Å²) < 4.78 is 16.2. The van der Waals surface area contributed by atoms with Crippen molar-refractivity contribution in [1.82, 2.24) is 14.9 Å². The standard InChI is InChI=1S/C23H30N4O4/c1-7-26(2)13-15-8-10-16(11-9-15)14-27(3)23-24-17-12-18(29-4)20(30-5)21(31-6)19(17)22(28)25-23/h8-12H,7,13-14H2,1-6H3,(H,24,25,28). The number of benzene rings is 2. The van der Waals surface area contributed by atoms with Gasteiger partial charge in [-0.05, 0) is 24.7 Å². The van der Waals surface area contributed by atoms with E-state index < -0.39 is 0 Å². The van der Waals surface area contributed by atoms with Crippen LogP contribution in [0.25, 0.3) is 10.9 Å². The number of methoxy groups -OCH3 is 3. The molecule has 166 valence electrons. The topological polar surface area (TPSA) is 79.9 Å². The zero-order chi connectivity index (χ0) is 22.5. The first-order valence-corrected chi connectivity index (χ1v) is 10.1. The number of nitrogens with one attached hydrogen (secondary N) is 1. The minimum absolute atomic E-state index is 0.299. The third kappa shape index (κ3) is 4.74. The average Bonchev–Trinajstić information content (AvgIpc) is 2.78. The molecule has 2 aromatic carbocycles. The van der Waals surface area contributed by atoms with Gasteiger partial charge < -0.3 is 24.0 Å². The number of aromatic amines is 1. The second-order valence-electron chi connectivity index (χ2n) is 7.43. The fraction of sp³-hybridized carbons (Fsp3) is 0.391. The lowest BCUT2D eigenvalue weighted by molar-refractivity contribution is 0.327. The third-order valence-corrected chi connectivity index (χ3v) is 5.28. The number of hydrogen-bond acceptors (Lipinski definition) is 7. The summed E-state index contributed by atoms with van der Waals surface area (Å²) in [7, 11) is 8.51. The van der Waals surface area contributed by atoms with Gasteiger partial charge in [0, 0.05) is 26.2 Å². The van der Waals surface area contributed by atoms with Crippen LogP contribution in [0.5, 0.6) is 17.2 Å². The van der Waals surface area contributed by atoms with Crippen LogP contribution in [0.3, 0.4) is 0 Å². The molecule has 3 aromatic rings. The average molecular weight is 427 g/mol. The Morgan fingerprint density at radius 3 is 2.10 bits per heavy atom. The molecule has 0 aliphatic heterocycles. The molecule has 0 spiro atoms. The number of nitrogens with zero attached hydrogens (tertiary/aromatic N) is 3. The quantitative estimate of drug-likeness (QED) is 0.563. The van der Waals surface area contributed by atoms with Crippen LogP contribution in [0.1, 0.15) is 18.1 Å². The van der Waals surface area contributed by atoms with Gasteiger partial charge in [0.15, 0.2) is 11.5 Å². The molecule has 0 atom stereocenters. The van der Waals surface area contributed by atoms with Gasteiger partial charge in [-0.2, -0.15) is 0 Å². The second-order valence-corrected chi connectivity index (χ2v) is 7.43. The van der Waals surface area contributed by atoms with Crippen LogP contribution in [0, 0.1) is 0 Å². The van der Waals surface area contributed by atoms with Gasteiger partial charge in [-0.25, -0.2) is 4.98 Å². The lowest BCUT2D eigenvalue weighted by atomic mass is 10.1. The van der Waals surface area contributed by atoms with E-state index in [0.717, 1.165) is 18.7 Å². The maximum Gasteiger partial charge on any atom is 0.264 e. The molecule has 1 N–H and O–H groups in total. The zero-order valence-electron chi connectivity index (χ0n) is 19.0. The Morgan fingerprint density at radius 1 is 0.935 bits per heavy atom. The van der Waals surface area contributed by atoms with E-state index in [1.54, 1.807) is 6.07 Å². The van der Waals surface area contributed by atoms with E-state index in [9.17, 15) is 4.79 Å². The molecule has 31 heavy (non-hydrogen) atoms. The van der Waals surface area contributed by atoms with Gasteiger partial charge in [0.25, 0.3) is 5.56 Å². The summed E-state index contributed by atoms with van der Waals surface area (Å²) in [5, 5.41) is 0.321. The van der Waals surface area contributed by atoms with Gasteiger partial charge in [0.1, 0.15) is 5.39 Å². The van der Waals surface area contributed by atoms with E-state index >= 15 is 0 Å². The van der Waals surface area contributed by atoms with E-state index in [2.05, 4.69) is 53.1 Å². The van der Waals surface area contributed by atoms with Crippen LogP contribution in [-0.2, 0) is 13.1 Å². The molecule has 8 heteroatoms. The summed E-state index contributed by atoms with van der Waals surface area (Å²) in [6, 6.07) is 10.2. The Bertz CT molecular complexity index is 1100. The Morgan fingerprint density at radius 2 is 1.55 bits per heavy atom. The highest BCUT2D eigenvalue weighted by Crippen LogP contribution is 2.41. The van der Waals surface area contributed by atoms with Gasteiger partial charge in [0.05, 0.1) is 26.8 Å². The second kappa shape index (κ2) is 9.70. The molecule has 0 saturated heterocycles. The van der Waals surface area contributed by atoms with Gasteiger partial charge in [-0.1, -0.05) is 31.2 Å². The summed E-state index contributed by atoms with van der Waals surface area (Å²) in [4.78, 5) is 24.5.